The quantitative estimate of drug-likeness (QED) is 0.442. The third kappa shape index (κ3) is 2.76. The van der Waals surface area contributed by atoms with Crippen LogP contribution in [0.2, 0.25) is 0 Å². The zero-order chi connectivity index (χ0) is 11.4. The van der Waals surface area contributed by atoms with Crippen molar-refractivity contribution < 1.29 is 19.1 Å². The second-order valence-electron chi connectivity index (χ2n) is 2.81. The molecule has 7 nitrogen and oxygen atoms in total. The van der Waals surface area contributed by atoms with E-state index in [2.05, 4.69) is 15.6 Å². The molecule has 1 aliphatic rings. The van der Waals surface area contributed by atoms with Crippen molar-refractivity contribution in [3.63, 3.8) is 0 Å². The number of nitrogens with one attached hydrogen (secondary N) is 2. The van der Waals surface area contributed by atoms with Gasteiger partial charge < -0.3 is 4.74 Å². The Labute approximate surface area is 85.9 Å². The zero-order valence-corrected chi connectivity index (χ0v) is 8.36. The molecule has 1 rings (SSSR count). The number of guanidine groups is 1. The van der Waals surface area contributed by atoms with Gasteiger partial charge in [0.05, 0.1) is 6.61 Å². The Balaban J connectivity index is 2.60. The predicted octanol–water partition coefficient (Wildman–Crippen LogP) is -1.46. The third-order valence-corrected chi connectivity index (χ3v) is 1.62. The number of amides is 2. The molecule has 0 aromatic carbocycles. The van der Waals surface area contributed by atoms with Crippen molar-refractivity contribution in [3.8, 4) is 0 Å². The maximum atomic E-state index is 11.1. The van der Waals surface area contributed by atoms with Crippen molar-refractivity contribution >= 4 is 23.7 Å². The summed E-state index contributed by atoms with van der Waals surface area (Å²) in [6.45, 7) is 3.44. The molecule has 1 heterocycles. The van der Waals surface area contributed by atoms with E-state index in [-0.39, 0.29) is 12.6 Å². The van der Waals surface area contributed by atoms with Crippen molar-refractivity contribution in [2.24, 2.45) is 4.99 Å². The lowest BCUT2D eigenvalue weighted by molar-refractivity contribution is -0.144. The van der Waals surface area contributed by atoms with Crippen LogP contribution in [-0.4, -0.2) is 36.4 Å². The van der Waals surface area contributed by atoms with Gasteiger partial charge in [-0.1, -0.05) is 0 Å². The van der Waals surface area contributed by atoms with E-state index in [1.807, 2.05) is 0 Å². The zero-order valence-electron chi connectivity index (χ0n) is 8.36. The van der Waals surface area contributed by atoms with Crippen LogP contribution in [0.5, 0.6) is 0 Å². The SMILES string of the molecule is CCOC(=O)C(C)N=C1NC(=O)C(=O)N1. The van der Waals surface area contributed by atoms with E-state index < -0.39 is 23.8 Å². The first-order valence-electron chi connectivity index (χ1n) is 4.41. The van der Waals surface area contributed by atoms with Crippen molar-refractivity contribution in [1.82, 2.24) is 10.6 Å². The van der Waals surface area contributed by atoms with Gasteiger partial charge in [0.2, 0.25) is 5.96 Å². The molecule has 0 aliphatic carbocycles. The second kappa shape index (κ2) is 4.54. The molecule has 0 bridgehead atoms. The molecule has 1 aliphatic heterocycles. The number of carbonyl (C=O) groups excluding carboxylic acids is 3. The Morgan fingerprint density at radius 3 is 2.40 bits per heavy atom. The predicted molar refractivity (Wildman–Crippen MR) is 49.8 cm³/mol. The van der Waals surface area contributed by atoms with E-state index in [0.29, 0.717) is 0 Å². The molecule has 82 valence electrons. The summed E-state index contributed by atoms with van der Waals surface area (Å²) in [5, 5.41) is 4.35. The average Bonchev–Trinajstić information content (AvgIpc) is 2.46. The molecule has 1 atom stereocenters. The number of hydrogen-bond donors (Lipinski definition) is 2. The lowest BCUT2D eigenvalue weighted by Gasteiger charge is -2.06. The van der Waals surface area contributed by atoms with E-state index in [1.54, 1.807) is 6.92 Å². The summed E-state index contributed by atoms with van der Waals surface area (Å²) in [4.78, 5) is 36.4. The molecule has 0 saturated carbocycles. The van der Waals surface area contributed by atoms with Crippen molar-refractivity contribution in [2.45, 2.75) is 19.9 Å². The molecule has 0 aromatic heterocycles. The van der Waals surface area contributed by atoms with Crippen LogP contribution in [0, 0.1) is 0 Å². The first kappa shape index (κ1) is 11.2. The summed E-state index contributed by atoms with van der Waals surface area (Å²) >= 11 is 0. The smallest absolute Gasteiger partial charge is 0.330 e. The number of esters is 1. The maximum absolute atomic E-state index is 11.1. The minimum absolute atomic E-state index is 0.0226. The highest BCUT2D eigenvalue weighted by Crippen LogP contribution is 1.95. The number of hydrogen-bond acceptors (Lipinski definition) is 5. The second-order valence-corrected chi connectivity index (χ2v) is 2.81. The first-order chi connectivity index (χ1) is 7.04. The van der Waals surface area contributed by atoms with Gasteiger partial charge in [0.15, 0.2) is 0 Å². The Kier molecular flexibility index (Phi) is 3.37. The fraction of sp³-hybridized carbons (Fsp3) is 0.500. The summed E-state index contributed by atoms with van der Waals surface area (Å²) in [5.41, 5.74) is 0. The highest BCUT2D eigenvalue weighted by Gasteiger charge is 2.26. The summed E-state index contributed by atoms with van der Waals surface area (Å²) in [5.74, 6) is -2.11. The summed E-state index contributed by atoms with van der Waals surface area (Å²) in [7, 11) is 0. The number of carbonyl (C=O) groups is 3. The van der Waals surface area contributed by atoms with Crippen LogP contribution < -0.4 is 10.6 Å². The van der Waals surface area contributed by atoms with E-state index in [0.717, 1.165) is 0 Å². The molecule has 0 spiro atoms. The number of ether oxygens (including phenoxy) is 1. The van der Waals surface area contributed by atoms with Crippen LogP contribution in [0.4, 0.5) is 0 Å². The van der Waals surface area contributed by atoms with Crippen molar-refractivity contribution in [2.75, 3.05) is 6.61 Å². The van der Waals surface area contributed by atoms with E-state index in [1.165, 1.54) is 6.92 Å². The van der Waals surface area contributed by atoms with Gasteiger partial charge in [-0.05, 0) is 13.8 Å². The maximum Gasteiger partial charge on any atom is 0.330 e. The standard InChI is InChI=1S/C8H11N3O4/c1-3-15-7(14)4(2)9-8-10-5(12)6(13)11-8/h4H,3H2,1-2H3,(H2,9,10,11,12,13). The van der Waals surface area contributed by atoms with Gasteiger partial charge in [0, 0.05) is 0 Å². The average molecular weight is 213 g/mol. The van der Waals surface area contributed by atoms with Crippen LogP contribution in [0.1, 0.15) is 13.8 Å². The highest BCUT2D eigenvalue weighted by molar-refractivity contribution is 6.45. The normalized spacial score (nSPS) is 16.8. The van der Waals surface area contributed by atoms with Gasteiger partial charge >= 0.3 is 17.8 Å². The Bertz CT molecular complexity index is 319. The monoisotopic (exact) mass is 213 g/mol. The molecule has 7 heteroatoms. The van der Waals surface area contributed by atoms with Crippen LogP contribution in [0.15, 0.2) is 4.99 Å². The molecule has 1 fully saturated rings. The Hall–Kier alpha value is -1.92. The lowest BCUT2D eigenvalue weighted by Crippen LogP contribution is -2.30. The minimum Gasteiger partial charge on any atom is -0.464 e. The first-order valence-corrected chi connectivity index (χ1v) is 4.41. The van der Waals surface area contributed by atoms with Gasteiger partial charge in [-0.2, -0.15) is 0 Å². The number of rotatable bonds is 3. The van der Waals surface area contributed by atoms with Gasteiger partial charge in [-0.3, -0.25) is 20.2 Å². The van der Waals surface area contributed by atoms with Crippen molar-refractivity contribution in [3.05, 3.63) is 0 Å². The number of aliphatic imine (C=N–C) groups is 1. The topological polar surface area (TPSA) is 96.9 Å². The molecule has 1 unspecified atom stereocenters. The summed E-state index contributed by atoms with van der Waals surface area (Å²) in [6.07, 6.45) is 0. The van der Waals surface area contributed by atoms with Crippen molar-refractivity contribution in [1.29, 1.82) is 0 Å². The largest absolute Gasteiger partial charge is 0.464 e. The van der Waals surface area contributed by atoms with Gasteiger partial charge in [-0.25, -0.2) is 9.79 Å². The molecule has 0 radical (unpaired) electrons. The van der Waals surface area contributed by atoms with Gasteiger partial charge in [0.25, 0.3) is 0 Å². The fourth-order valence-electron chi connectivity index (χ4n) is 0.934. The number of nitrogens with zero attached hydrogens (tertiary/aromatic N) is 1. The Morgan fingerprint density at radius 2 is 1.93 bits per heavy atom. The highest BCUT2D eigenvalue weighted by atomic mass is 16.5. The molecule has 2 amide bonds. The lowest BCUT2D eigenvalue weighted by atomic mass is 10.4. The van der Waals surface area contributed by atoms with Gasteiger partial charge in [0.1, 0.15) is 6.04 Å². The van der Waals surface area contributed by atoms with Gasteiger partial charge in [-0.15, -0.1) is 0 Å². The van der Waals surface area contributed by atoms with E-state index in [4.69, 9.17) is 4.74 Å². The molecule has 1 saturated heterocycles. The third-order valence-electron chi connectivity index (χ3n) is 1.62. The Morgan fingerprint density at radius 1 is 1.40 bits per heavy atom. The van der Waals surface area contributed by atoms with Crippen LogP contribution in [0.25, 0.3) is 0 Å². The van der Waals surface area contributed by atoms with Crippen LogP contribution in [-0.2, 0) is 19.1 Å². The molecular formula is C8H11N3O4. The van der Waals surface area contributed by atoms with E-state index in [9.17, 15) is 14.4 Å². The van der Waals surface area contributed by atoms with E-state index >= 15 is 0 Å². The van der Waals surface area contributed by atoms with Crippen LogP contribution >= 0.6 is 0 Å². The summed E-state index contributed by atoms with van der Waals surface area (Å²) in [6, 6.07) is -0.765. The molecule has 2 N–H and O–H groups in total. The summed E-state index contributed by atoms with van der Waals surface area (Å²) < 4.78 is 4.70. The molecular weight excluding hydrogens is 202 g/mol. The molecule has 15 heavy (non-hydrogen) atoms. The minimum atomic E-state index is -0.787. The van der Waals surface area contributed by atoms with Crippen LogP contribution in [0.3, 0.4) is 0 Å². The fourth-order valence-corrected chi connectivity index (χ4v) is 0.934. The molecule has 0 aromatic rings.